The van der Waals surface area contributed by atoms with Gasteiger partial charge < -0.3 is 0 Å². The van der Waals surface area contributed by atoms with Crippen LogP contribution in [0.2, 0.25) is 5.02 Å². The number of rotatable bonds is 3. The first-order valence-corrected chi connectivity index (χ1v) is 9.34. The highest BCUT2D eigenvalue weighted by Gasteiger charge is 2.29. The monoisotopic (exact) mass is 350 g/mol. The number of nitrogens with zero attached hydrogens (tertiary/aromatic N) is 2. The van der Waals surface area contributed by atoms with Gasteiger partial charge in [-0.05, 0) is 30.7 Å². The predicted octanol–water partition coefficient (Wildman–Crippen LogP) is 2.68. The molecular formula is C12H15ClN2O4S2. The summed E-state index contributed by atoms with van der Waals surface area (Å²) in [4.78, 5) is 10.2. The maximum atomic E-state index is 12.7. The maximum absolute atomic E-state index is 12.7. The second-order valence-corrected chi connectivity index (χ2v) is 8.23. The van der Waals surface area contributed by atoms with E-state index in [1.54, 1.807) is 18.7 Å². The molecule has 0 unspecified atom stereocenters. The summed E-state index contributed by atoms with van der Waals surface area (Å²) in [6.07, 6.45) is 0.776. The molecule has 0 N–H and O–H groups in total. The summed E-state index contributed by atoms with van der Waals surface area (Å²) in [5.41, 5.74) is 0.0348. The molecule has 0 saturated carbocycles. The number of halogens is 1. The van der Waals surface area contributed by atoms with Crippen molar-refractivity contribution in [2.45, 2.75) is 18.2 Å². The van der Waals surface area contributed by atoms with Gasteiger partial charge in [-0.1, -0.05) is 11.6 Å². The lowest BCUT2D eigenvalue weighted by Crippen LogP contribution is -2.33. The Morgan fingerprint density at radius 2 is 2.05 bits per heavy atom. The third-order valence-corrected chi connectivity index (χ3v) is 6.63. The van der Waals surface area contributed by atoms with Gasteiger partial charge in [-0.15, -0.1) is 0 Å². The lowest BCUT2D eigenvalue weighted by atomic mass is 10.2. The zero-order valence-electron chi connectivity index (χ0n) is 11.4. The average molecular weight is 351 g/mol. The van der Waals surface area contributed by atoms with Gasteiger partial charge in [0, 0.05) is 24.9 Å². The van der Waals surface area contributed by atoms with Crippen molar-refractivity contribution in [1.82, 2.24) is 4.31 Å². The number of sulfonamides is 1. The molecule has 1 fully saturated rings. The van der Waals surface area contributed by atoms with Crippen LogP contribution in [-0.2, 0) is 10.0 Å². The van der Waals surface area contributed by atoms with E-state index >= 15 is 0 Å². The number of nitro benzene ring substituents is 1. The summed E-state index contributed by atoms with van der Waals surface area (Å²) >= 11 is 7.52. The lowest BCUT2D eigenvalue weighted by Gasteiger charge is -2.20. The van der Waals surface area contributed by atoms with Crippen LogP contribution in [0.1, 0.15) is 12.0 Å². The Kier molecular flexibility index (Phi) is 5.13. The minimum Gasteiger partial charge on any atom is -0.258 e. The third kappa shape index (κ3) is 3.50. The van der Waals surface area contributed by atoms with Crippen LogP contribution in [0.15, 0.2) is 17.0 Å². The molecule has 116 valence electrons. The largest absolute Gasteiger partial charge is 0.289 e. The van der Waals surface area contributed by atoms with E-state index in [1.165, 1.54) is 10.4 Å². The van der Waals surface area contributed by atoms with E-state index < -0.39 is 14.9 Å². The van der Waals surface area contributed by atoms with E-state index in [-0.39, 0.29) is 15.6 Å². The van der Waals surface area contributed by atoms with E-state index in [9.17, 15) is 18.5 Å². The fourth-order valence-corrected chi connectivity index (χ4v) is 5.16. The Bertz CT molecular complexity index is 655. The number of aryl methyl sites for hydroxylation is 1. The highest BCUT2D eigenvalue weighted by molar-refractivity contribution is 7.99. The topological polar surface area (TPSA) is 80.5 Å². The first kappa shape index (κ1) is 16.5. The van der Waals surface area contributed by atoms with Crippen LogP contribution < -0.4 is 0 Å². The summed E-state index contributed by atoms with van der Waals surface area (Å²) in [6.45, 7) is 2.45. The molecule has 2 rings (SSSR count). The third-order valence-electron chi connectivity index (χ3n) is 3.24. The molecule has 1 aliphatic heterocycles. The molecule has 1 aliphatic rings. The van der Waals surface area contributed by atoms with E-state index in [1.807, 2.05) is 0 Å². The Morgan fingerprint density at radius 3 is 2.71 bits per heavy atom. The fourth-order valence-electron chi connectivity index (χ4n) is 2.16. The Balaban J connectivity index is 2.48. The summed E-state index contributed by atoms with van der Waals surface area (Å²) in [5.74, 6) is 1.65. The van der Waals surface area contributed by atoms with E-state index in [2.05, 4.69) is 0 Å². The normalized spacial score (nSPS) is 17.4. The summed E-state index contributed by atoms with van der Waals surface area (Å²) in [6, 6.07) is 2.39. The first-order valence-electron chi connectivity index (χ1n) is 6.36. The lowest BCUT2D eigenvalue weighted by molar-refractivity contribution is -0.384. The van der Waals surface area contributed by atoms with E-state index in [0.29, 0.717) is 18.7 Å². The van der Waals surface area contributed by atoms with Gasteiger partial charge in [-0.25, -0.2) is 8.42 Å². The molecule has 0 aromatic heterocycles. The molecule has 21 heavy (non-hydrogen) atoms. The van der Waals surface area contributed by atoms with Crippen molar-refractivity contribution in [1.29, 1.82) is 0 Å². The van der Waals surface area contributed by atoms with Gasteiger partial charge in [0.15, 0.2) is 0 Å². The van der Waals surface area contributed by atoms with Crippen molar-refractivity contribution in [3.05, 3.63) is 32.8 Å². The van der Waals surface area contributed by atoms with Gasteiger partial charge in [0.25, 0.3) is 5.69 Å². The van der Waals surface area contributed by atoms with Gasteiger partial charge in [-0.2, -0.15) is 16.1 Å². The molecule has 0 bridgehead atoms. The van der Waals surface area contributed by atoms with Gasteiger partial charge in [0.05, 0.1) is 9.82 Å². The molecular weight excluding hydrogens is 336 g/mol. The molecule has 6 nitrogen and oxygen atoms in total. The first-order chi connectivity index (χ1) is 9.84. The minimum absolute atomic E-state index is 0.0366. The number of nitro groups is 1. The molecule has 9 heteroatoms. The maximum Gasteiger partial charge on any atom is 0.289 e. The Hall–Kier alpha value is -0.830. The summed E-state index contributed by atoms with van der Waals surface area (Å²) in [5, 5.41) is 10.9. The second kappa shape index (κ2) is 6.51. The van der Waals surface area contributed by atoms with E-state index in [0.717, 1.165) is 24.0 Å². The van der Waals surface area contributed by atoms with E-state index in [4.69, 9.17) is 11.6 Å². The SMILES string of the molecule is Cc1cc(Cl)c([N+](=O)[O-])cc1S(=O)(=O)N1CCCSCC1. The number of hydrogen-bond acceptors (Lipinski definition) is 5. The predicted molar refractivity (Wildman–Crippen MR) is 83.5 cm³/mol. The quantitative estimate of drug-likeness (QED) is 0.618. The van der Waals surface area contributed by atoms with Gasteiger partial charge in [0.2, 0.25) is 10.0 Å². The number of benzene rings is 1. The van der Waals surface area contributed by atoms with Crippen molar-refractivity contribution in [3.8, 4) is 0 Å². The average Bonchev–Trinajstić information content (AvgIpc) is 2.67. The summed E-state index contributed by atoms with van der Waals surface area (Å²) < 4.78 is 26.8. The number of thioether (sulfide) groups is 1. The molecule has 0 atom stereocenters. The van der Waals surface area contributed by atoms with Crippen LogP contribution in [-0.4, -0.2) is 42.2 Å². The van der Waals surface area contributed by atoms with Crippen LogP contribution in [0, 0.1) is 17.0 Å². The van der Waals surface area contributed by atoms with Gasteiger partial charge in [0.1, 0.15) is 5.02 Å². The van der Waals surface area contributed by atoms with Crippen LogP contribution in [0.5, 0.6) is 0 Å². The van der Waals surface area contributed by atoms with Crippen molar-refractivity contribution in [2.24, 2.45) is 0 Å². The highest BCUT2D eigenvalue weighted by atomic mass is 35.5. The molecule has 0 spiro atoms. The van der Waals surface area contributed by atoms with Crippen molar-refractivity contribution in [3.63, 3.8) is 0 Å². The van der Waals surface area contributed by atoms with Crippen LogP contribution in [0.4, 0.5) is 5.69 Å². The van der Waals surface area contributed by atoms with Crippen LogP contribution >= 0.6 is 23.4 Å². The summed E-state index contributed by atoms with van der Waals surface area (Å²) in [7, 11) is -3.73. The number of hydrogen-bond donors (Lipinski definition) is 0. The molecule has 0 aliphatic carbocycles. The highest BCUT2D eigenvalue weighted by Crippen LogP contribution is 2.32. The zero-order chi connectivity index (χ0) is 15.6. The van der Waals surface area contributed by atoms with Crippen molar-refractivity contribution < 1.29 is 13.3 Å². The molecule has 1 saturated heterocycles. The van der Waals surface area contributed by atoms with Crippen LogP contribution in [0.25, 0.3) is 0 Å². The minimum atomic E-state index is -3.73. The van der Waals surface area contributed by atoms with Gasteiger partial charge >= 0.3 is 0 Å². The molecule has 1 aromatic rings. The van der Waals surface area contributed by atoms with Gasteiger partial charge in [-0.3, -0.25) is 10.1 Å². The molecule has 0 amide bonds. The van der Waals surface area contributed by atoms with Crippen molar-refractivity contribution in [2.75, 3.05) is 24.6 Å². The van der Waals surface area contributed by atoms with Crippen LogP contribution in [0.3, 0.4) is 0 Å². The zero-order valence-corrected chi connectivity index (χ0v) is 13.8. The molecule has 1 heterocycles. The smallest absolute Gasteiger partial charge is 0.258 e. The second-order valence-electron chi connectivity index (χ2n) is 4.70. The molecule has 0 radical (unpaired) electrons. The molecule has 1 aromatic carbocycles. The fraction of sp³-hybridized carbons (Fsp3) is 0.500. The standard InChI is InChI=1S/C12H15ClN2O4S2/c1-9-7-10(13)11(15(16)17)8-12(9)21(18,19)14-3-2-5-20-6-4-14/h7-8H,2-6H2,1H3. The Labute approximate surface area is 132 Å². The Morgan fingerprint density at radius 1 is 1.33 bits per heavy atom. The van der Waals surface area contributed by atoms with Crippen molar-refractivity contribution >= 4 is 39.1 Å².